The lowest BCUT2D eigenvalue weighted by molar-refractivity contribution is 0.304. The molecule has 2 N–H and O–H groups in total. The number of nitrogens with zero attached hydrogens (tertiary/aromatic N) is 3. The van der Waals surface area contributed by atoms with Gasteiger partial charge in [0.25, 0.3) is 0 Å². The number of unbranched alkanes of at least 4 members (excludes halogenated alkanes) is 7. The average Bonchev–Trinajstić information content (AvgIpc) is 2.76. The van der Waals surface area contributed by atoms with Gasteiger partial charge in [0.2, 0.25) is 5.96 Å². The maximum absolute atomic E-state index is 8.84. The molecule has 0 spiro atoms. The summed E-state index contributed by atoms with van der Waals surface area (Å²) in [6, 6.07) is 13.7. The van der Waals surface area contributed by atoms with Crippen LogP contribution in [-0.4, -0.2) is 24.1 Å². The second kappa shape index (κ2) is 14.9. The predicted molar refractivity (Wildman–Crippen MR) is 118 cm³/mol. The first-order chi connectivity index (χ1) is 14.4. The van der Waals surface area contributed by atoms with Gasteiger partial charge in [0, 0.05) is 12.7 Å². The summed E-state index contributed by atoms with van der Waals surface area (Å²) in [7, 11) is 0. The number of rotatable bonds is 13. The summed E-state index contributed by atoms with van der Waals surface area (Å²) in [4.78, 5) is 8.47. The zero-order chi connectivity index (χ0) is 20.4. The number of aliphatic imine (C=N–C) groups is 1. The summed E-state index contributed by atoms with van der Waals surface area (Å²) in [6.45, 7) is 1.50. The molecule has 2 rings (SSSR count). The molecule has 0 aliphatic rings. The van der Waals surface area contributed by atoms with E-state index in [-0.39, 0.29) is 0 Å². The number of pyridine rings is 1. The van der Waals surface area contributed by atoms with E-state index in [1.165, 1.54) is 32.1 Å². The Morgan fingerprint density at radius 2 is 1.66 bits per heavy atom. The molecule has 1 heterocycles. The largest absolute Gasteiger partial charge is 0.494 e. The van der Waals surface area contributed by atoms with Crippen LogP contribution in [0.25, 0.3) is 0 Å². The van der Waals surface area contributed by atoms with Gasteiger partial charge in [-0.1, -0.05) is 56.7 Å². The van der Waals surface area contributed by atoms with Crippen molar-refractivity contribution in [2.45, 2.75) is 51.4 Å². The van der Waals surface area contributed by atoms with Crippen LogP contribution in [0.15, 0.2) is 59.9 Å². The Hall–Kier alpha value is -3.07. The summed E-state index contributed by atoms with van der Waals surface area (Å²) in [5.41, 5.74) is 0.808. The number of anilines is 1. The van der Waals surface area contributed by atoms with Crippen molar-refractivity contribution >= 4 is 11.6 Å². The smallest absolute Gasteiger partial charge is 0.209 e. The Labute approximate surface area is 174 Å². The minimum Gasteiger partial charge on any atom is -0.494 e. The Morgan fingerprint density at radius 3 is 2.34 bits per heavy atom. The molecule has 1 aromatic heterocycles. The maximum atomic E-state index is 8.84. The van der Waals surface area contributed by atoms with Gasteiger partial charge in [-0.25, -0.2) is 0 Å². The summed E-state index contributed by atoms with van der Waals surface area (Å²) >= 11 is 0. The molecule has 29 heavy (non-hydrogen) atoms. The molecule has 154 valence electrons. The number of hydrogen-bond acceptors (Lipinski definition) is 4. The molecule has 0 radical (unpaired) electrons. The van der Waals surface area contributed by atoms with E-state index in [1.54, 1.807) is 12.4 Å². The lowest BCUT2D eigenvalue weighted by Gasteiger charge is -2.07. The van der Waals surface area contributed by atoms with E-state index in [2.05, 4.69) is 20.6 Å². The van der Waals surface area contributed by atoms with E-state index in [1.807, 2.05) is 48.7 Å². The fourth-order valence-corrected chi connectivity index (χ4v) is 2.91. The van der Waals surface area contributed by atoms with Gasteiger partial charge in [-0.3, -0.25) is 15.3 Å². The van der Waals surface area contributed by atoms with Crippen molar-refractivity contribution in [2.75, 3.05) is 18.5 Å². The summed E-state index contributed by atoms with van der Waals surface area (Å²) in [6.07, 6.45) is 14.9. The van der Waals surface area contributed by atoms with Gasteiger partial charge in [0.1, 0.15) is 5.75 Å². The van der Waals surface area contributed by atoms with Gasteiger partial charge in [-0.05, 0) is 37.1 Å². The highest BCUT2D eigenvalue weighted by molar-refractivity contribution is 5.94. The molecule has 0 bridgehead atoms. The molecule has 0 aliphatic heterocycles. The highest BCUT2D eigenvalue weighted by Crippen LogP contribution is 2.11. The lowest BCUT2D eigenvalue weighted by atomic mass is 10.1. The third-order valence-corrected chi connectivity index (χ3v) is 4.43. The average molecular weight is 394 g/mol. The summed E-state index contributed by atoms with van der Waals surface area (Å²) < 4.78 is 5.71. The normalized spacial score (nSPS) is 10.9. The minimum atomic E-state index is 0.471. The molecule has 6 nitrogen and oxygen atoms in total. The Kier molecular flexibility index (Phi) is 11.4. The molecule has 0 amide bonds. The molecular weight excluding hydrogens is 362 g/mol. The van der Waals surface area contributed by atoms with Crippen molar-refractivity contribution in [1.82, 2.24) is 10.3 Å². The fourth-order valence-electron chi connectivity index (χ4n) is 2.91. The first-order valence-corrected chi connectivity index (χ1v) is 10.4. The second-order valence-electron chi connectivity index (χ2n) is 6.82. The van der Waals surface area contributed by atoms with Crippen LogP contribution in [0.3, 0.4) is 0 Å². The highest BCUT2D eigenvalue weighted by atomic mass is 16.5. The van der Waals surface area contributed by atoms with Crippen LogP contribution in [0.2, 0.25) is 0 Å². The van der Waals surface area contributed by atoms with E-state index >= 15 is 0 Å². The van der Waals surface area contributed by atoms with Crippen LogP contribution in [0.1, 0.15) is 51.4 Å². The summed E-state index contributed by atoms with van der Waals surface area (Å²) in [5, 5.41) is 14.5. The quantitative estimate of drug-likeness (QED) is 0.162. The van der Waals surface area contributed by atoms with E-state index < -0.39 is 0 Å². The lowest BCUT2D eigenvalue weighted by Crippen LogP contribution is -2.27. The topological polar surface area (TPSA) is 82.3 Å². The maximum Gasteiger partial charge on any atom is 0.209 e. The van der Waals surface area contributed by atoms with E-state index in [9.17, 15) is 0 Å². The van der Waals surface area contributed by atoms with Crippen molar-refractivity contribution in [2.24, 2.45) is 4.99 Å². The number of hydrogen-bond donors (Lipinski definition) is 2. The number of para-hydroxylation sites is 1. The van der Waals surface area contributed by atoms with Crippen LogP contribution in [0, 0.1) is 11.5 Å². The zero-order valence-electron chi connectivity index (χ0n) is 17.0. The zero-order valence-corrected chi connectivity index (χ0v) is 17.0. The number of guanidine groups is 1. The monoisotopic (exact) mass is 393 g/mol. The minimum absolute atomic E-state index is 0.471. The number of nitriles is 1. The van der Waals surface area contributed by atoms with Gasteiger partial charge in [-0.2, -0.15) is 5.26 Å². The van der Waals surface area contributed by atoms with Gasteiger partial charge < -0.3 is 10.1 Å². The van der Waals surface area contributed by atoms with Crippen LogP contribution in [-0.2, 0) is 0 Å². The third kappa shape index (κ3) is 10.7. The van der Waals surface area contributed by atoms with Crippen LogP contribution in [0.4, 0.5) is 5.69 Å². The molecule has 0 fully saturated rings. The Morgan fingerprint density at radius 1 is 0.931 bits per heavy atom. The third-order valence-electron chi connectivity index (χ3n) is 4.43. The fraction of sp³-hybridized carbons (Fsp3) is 0.435. The molecular formula is C23H31N5O. The number of benzene rings is 1. The second-order valence-corrected chi connectivity index (χ2v) is 6.82. The molecule has 0 unspecified atom stereocenters. The molecule has 2 aromatic rings. The van der Waals surface area contributed by atoms with Crippen molar-refractivity contribution in [1.29, 1.82) is 5.26 Å². The first-order valence-electron chi connectivity index (χ1n) is 10.4. The standard InChI is InChI=1S/C23H31N5O/c24-20-27-23(28-21-13-12-16-25-19-21)26-17-10-5-3-1-2-4-6-11-18-29-22-14-8-7-9-15-22/h7-9,12-16,19H,1-6,10-11,17-18H2,(H2,26,27,28). The highest BCUT2D eigenvalue weighted by Gasteiger charge is 1.99. The van der Waals surface area contributed by atoms with Crippen LogP contribution >= 0.6 is 0 Å². The van der Waals surface area contributed by atoms with Crippen LogP contribution in [0.5, 0.6) is 5.75 Å². The Balaban J connectivity index is 1.44. The number of nitrogens with one attached hydrogen (secondary N) is 2. The van der Waals surface area contributed by atoms with E-state index in [0.29, 0.717) is 12.5 Å². The molecule has 1 aromatic carbocycles. The number of ether oxygens (including phenoxy) is 1. The first kappa shape index (κ1) is 22.2. The number of aromatic nitrogens is 1. The molecule has 0 saturated heterocycles. The van der Waals surface area contributed by atoms with Gasteiger partial charge in [-0.15, -0.1) is 0 Å². The molecule has 0 atom stereocenters. The van der Waals surface area contributed by atoms with E-state index in [4.69, 9.17) is 10.00 Å². The predicted octanol–water partition coefficient (Wildman–Crippen LogP) is 5.12. The van der Waals surface area contributed by atoms with Crippen molar-refractivity contribution in [3.63, 3.8) is 0 Å². The van der Waals surface area contributed by atoms with Crippen LogP contribution < -0.4 is 15.4 Å². The van der Waals surface area contributed by atoms with Crippen molar-refractivity contribution in [3.8, 4) is 11.9 Å². The van der Waals surface area contributed by atoms with Gasteiger partial charge in [0.15, 0.2) is 6.19 Å². The van der Waals surface area contributed by atoms with Crippen molar-refractivity contribution < 1.29 is 4.74 Å². The van der Waals surface area contributed by atoms with E-state index in [0.717, 1.165) is 37.3 Å². The Bertz CT molecular complexity index is 728. The molecule has 6 heteroatoms. The van der Waals surface area contributed by atoms with Crippen molar-refractivity contribution in [3.05, 3.63) is 54.9 Å². The molecule has 0 aliphatic carbocycles. The van der Waals surface area contributed by atoms with Gasteiger partial charge >= 0.3 is 0 Å². The SMILES string of the molecule is N#CNC(=NCCCCCCCCCCOc1ccccc1)Nc1cccnc1. The summed E-state index contributed by atoms with van der Waals surface area (Å²) in [5.74, 6) is 1.43. The van der Waals surface area contributed by atoms with Gasteiger partial charge in [0.05, 0.1) is 18.5 Å². The molecule has 0 saturated carbocycles.